The van der Waals surface area contributed by atoms with E-state index in [9.17, 15) is 8.76 Å². The molecule has 0 saturated heterocycles. The van der Waals surface area contributed by atoms with Gasteiger partial charge in [0, 0.05) is 24.4 Å². The molecule has 1 atom stereocenters. The molecule has 0 saturated carbocycles. The molecule has 0 aromatic heterocycles. The Hall–Kier alpha value is 0.0700. The van der Waals surface area contributed by atoms with E-state index in [0.29, 0.717) is 13.1 Å². The highest BCUT2D eigenvalue weighted by Gasteiger charge is 2.00. The van der Waals surface area contributed by atoms with E-state index in [4.69, 9.17) is 0 Å². The second kappa shape index (κ2) is 7.71. The molecule has 0 radical (unpaired) electrons. The molecule has 0 fully saturated rings. The molecule has 0 heterocycles. The predicted molar refractivity (Wildman–Crippen MR) is 50.3 cm³/mol. The van der Waals surface area contributed by atoms with Crippen molar-refractivity contribution in [3.8, 4) is 0 Å². The normalized spacial score (nSPS) is 13.7. The molecule has 0 rings (SSSR count). The van der Waals surface area contributed by atoms with Crippen LogP contribution in [0.5, 0.6) is 0 Å². The zero-order valence-electron chi connectivity index (χ0n) is 7.91. The maximum absolute atomic E-state index is 10.5. The van der Waals surface area contributed by atoms with Gasteiger partial charge in [-0.05, 0) is 6.42 Å². The smallest absolute Gasteiger partial charge is 0.0209 e. The highest BCUT2D eigenvalue weighted by molar-refractivity contribution is 7.76. The molecule has 0 aliphatic carbocycles. The van der Waals surface area contributed by atoms with Crippen LogP contribution in [-0.2, 0) is 11.3 Å². The number of hydrogen-bond acceptors (Lipinski definition) is 2. The summed E-state index contributed by atoms with van der Waals surface area (Å²) in [5.41, 5.74) is 0. The number of hydrogen-bond donors (Lipinski definition) is 0. The number of unbranched alkanes of at least 4 members (excludes halogenated alkanes) is 3. The first-order valence-electron chi connectivity index (χ1n) is 4.56. The lowest BCUT2D eigenvalue weighted by Crippen LogP contribution is -2.26. The van der Waals surface area contributed by atoms with Gasteiger partial charge >= 0.3 is 0 Å². The van der Waals surface area contributed by atoms with Crippen molar-refractivity contribution in [3.63, 3.8) is 0 Å². The van der Waals surface area contributed by atoms with Gasteiger partial charge in [0.2, 0.25) is 0 Å². The van der Waals surface area contributed by atoms with Gasteiger partial charge in [0.1, 0.15) is 0 Å². The van der Waals surface area contributed by atoms with Crippen LogP contribution >= 0.6 is 0 Å². The van der Waals surface area contributed by atoms with Crippen LogP contribution in [0.15, 0.2) is 0 Å². The van der Waals surface area contributed by atoms with Crippen molar-refractivity contribution in [2.75, 3.05) is 13.1 Å². The summed E-state index contributed by atoms with van der Waals surface area (Å²) in [6, 6.07) is 0. The van der Waals surface area contributed by atoms with Crippen LogP contribution in [0.4, 0.5) is 0 Å². The van der Waals surface area contributed by atoms with E-state index in [1.807, 2.05) is 6.92 Å². The van der Waals surface area contributed by atoms with Gasteiger partial charge in [-0.2, -0.15) is 0 Å². The zero-order valence-corrected chi connectivity index (χ0v) is 8.73. The summed E-state index contributed by atoms with van der Waals surface area (Å²) in [6.45, 7) is 5.26. The van der Waals surface area contributed by atoms with Crippen molar-refractivity contribution in [1.29, 1.82) is 0 Å². The quantitative estimate of drug-likeness (QED) is 0.455. The van der Waals surface area contributed by atoms with E-state index in [2.05, 4.69) is 6.92 Å². The van der Waals surface area contributed by atoms with Crippen LogP contribution in [0.2, 0.25) is 0 Å². The van der Waals surface area contributed by atoms with Crippen LogP contribution in [0.25, 0.3) is 0 Å². The van der Waals surface area contributed by atoms with E-state index in [0.717, 1.165) is 12.8 Å². The third-order valence-electron chi connectivity index (χ3n) is 1.82. The van der Waals surface area contributed by atoms with E-state index < -0.39 is 11.3 Å². The Morgan fingerprint density at radius 3 is 2.33 bits per heavy atom. The SMILES string of the molecule is CCCCCCN(CC)S(=O)[O-]. The molecule has 0 spiro atoms. The van der Waals surface area contributed by atoms with Gasteiger partial charge in [0.25, 0.3) is 0 Å². The van der Waals surface area contributed by atoms with E-state index in [1.54, 1.807) is 0 Å². The Balaban J connectivity index is 3.38. The van der Waals surface area contributed by atoms with E-state index in [-0.39, 0.29) is 0 Å². The molecule has 0 N–H and O–H groups in total. The summed E-state index contributed by atoms with van der Waals surface area (Å²) in [4.78, 5) is 0. The average molecular weight is 192 g/mol. The fourth-order valence-electron chi connectivity index (χ4n) is 1.05. The lowest BCUT2D eigenvalue weighted by molar-refractivity contribution is 0.390. The molecule has 12 heavy (non-hydrogen) atoms. The first-order chi connectivity index (χ1) is 5.72. The first-order valence-corrected chi connectivity index (χ1v) is 5.59. The fraction of sp³-hybridized carbons (Fsp3) is 1.00. The van der Waals surface area contributed by atoms with Gasteiger partial charge in [0.15, 0.2) is 0 Å². The summed E-state index contributed by atoms with van der Waals surface area (Å²) in [7, 11) is 0. The van der Waals surface area contributed by atoms with Crippen molar-refractivity contribution < 1.29 is 8.76 Å². The Morgan fingerprint density at radius 2 is 1.92 bits per heavy atom. The first kappa shape index (κ1) is 12.1. The maximum Gasteiger partial charge on any atom is 0.0209 e. The molecule has 0 aromatic rings. The molecule has 1 unspecified atom stereocenters. The Kier molecular flexibility index (Phi) is 7.75. The minimum atomic E-state index is -2.03. The van der Waals surface area contributed by atoms with Crippen LogP contribution in [-0.4, -0.2) is 26.2 Å². The summed E-state index contributed by atoms with van der Waals surface area (Å²) in [6.07, 6.45) is 4.50. The summed E-state index contributed by atoms with van der Waals surface area (Å²) < 4.78 is 22.5. The number of nitrogens with zero attached hydrogens (tertiary/aromatic N) is 1. The predicted octanol–water partition coefficient (Wildman–Crippen LogP) is 1.68. The molecule has 0 aliphatic rings. The van der Waals surface area contributed by atoms with E-state index >= 15 is 0 Å². The third kappa shape index (κ3) is 5.69. The summed E-state index contributed by atoms with van der Waals surface area (Å²) in [5, 5.41) is 0. The van der Waals surface area contributed by atoms with Gasteiger partial charge in [-0.3, -0.25) is 4.21 Å². The minimum Gasteiger partial charge on any atom is -0.760 e. The van der Waals surface area contributed by atoms with E-state index in [1.165, 1.54) is 17.1 Å². The van der Waals surface area contributed by atoms with Gasteiger partial charge in [-0.25, -0.2) is 4.31 Å². The molecule has 3 nitrogen and oxygen atoms in total. The second-order valence-corrected chi connectivity index (χ2v) is 3.75. The second-order valence-electron chi connectivity index (χ2n) is 2.80. The van der Waals surface area contributed by atoms with Crippen molar-refractivity contribution in [2.24, 2.45) is 0 Å². The molecular weight excluding hydrogens is 174 g/mol. The molecule has 0 aliphatic heterocycles. The zero-order chi connectivity index (χ0) is 9.40. The molecule has 4 heteroatoms. The van der Waals surface area contributed by atoms with Gasteiger partial charge < -0.3 is 4.55 Å². The standard InChI is InChI=1S/C8H19NO2S/c1-3-5-6-7-8-9(4-2)12(10)11/h3-8H2,1-2H3,(H,10,11)/p-1. The van der Waals surface area contributed by atoms with Crippen molar-refractivity contribution in [1.82, 2.24) is 4.31 Å². The van der Waals surface area contributed by atoms with Crippen LogP contribution < -0.4 is 0 Å². The molecular formula is C8H18NO2S-. The Morgan fingerprint density at radius 1 is 1.25 bits per heavy atom. The highest BCUT2D eigenvalue weighted by Crippen LogP contribution is 2.01. The topological polar surface area (TPSA) is 43.4 Å². The molecule has 0 amide bonds. The Labute approximate surface area is 77.6 Å². The number of rotatable bonds is 7. The largest absolute Gasteiger partial charge is 0.760 e. The molecule has 0 aromatic carbocycles. The highest BCUT2D eigenvalue weighted by atomic mass is 32.2. The van der Waals surface area contributed by atoms with Gasteiger partial charge in [0.05, 0.1) is 0 Å². The van der Waals surface area contributed by atoms with Gasteiger partial charge in [-0.15, -0.1) is 0 Å². The van der Waals surface area contributed by atoms with Crippen LogP contribution in [0.1, 0.15) is 39.5 Å². The van der Waals surface area contributed by atoms with Crippen molar-refractivity contribution >= 4 is 11.3 Å². The average Bonchev–Trinajstić information content (AvgIpc) is 2.04. The lowest BCUT2D eigenvalue weighted by atomic mass is 10.2. The molecule has 74 valence electrons. The fourth-order valence-corrected chi connectivity index (χ4v) is 1.54. The Bertz CT molecular complexity index is 130. The maximum atomic E-state index is 10.5. The lowest BCUT2D eigenvalue weighted by Gasteiger charge is -2.21. The van der Waals surface area contributed by atoms with Crippen LogP contribution in [0.3, 0.4) is 0 Å². The molecule has 0 bridgehead atoms. The minimum absolute atomic E-state index is 0.586. The third-order valence-corrected chi connectivity index (χ3v) is 2.69. The van der Waals surface area contributed by atoms with Gasteiger partial charge in [-0.1, -0.05) is 33.1 Å². The van der Waals surface area contributed by atoms with Crippen LogP contribution in [0, 0.1) is 0 Å². The van der Waals surface area contributed by atoms with Crippen molar-refractivity contribution in [3.05, 3.63) is 0 Å². The summed E-state index contributed by atoms with van der Waals surface area (Å²) >= 11 is -2.03. The monoisotopic (exact) mass is 192 g/mol. The summed E-state index contributed by atoms with van der Waals surface area (Å²) in [5.74, 6) is 0. The van der Waals surface area contributed by atoms with Crippen molar-refractivity contribution in [2.45, 2.75) is 39.5 Å².